The summed E-state index contributed by atoms with van der Waals surface area (Å²) in [5, 5.41) is 0. The van der Waals surface area contributed by atoms with Crippen LogP contribution in [0.2, 0.25) is 13.1 Å². The van der Waals surface area contributed by atoms with Crippen molar-refractivity contribution in [2.24, 2.45) is 0 Å². The maximum atomic E-state index is 8.66. The SMILES string of the molecule is CCC1=Cc2c(-c3c(C)cc(C)cc3C)cccc2[CH]1[Zr]([Cl])([Cl])([CH]1C(CC)=Cc2c(-c3c(C)cc(C)cc3C)cccc21)[SiH](C)C. The molecule has 4 aromatic carbocycles. The molecule has 46 heavy (non-hydrogen) atoms. The van der Waals surface area contributed by atoms with Gasteiger partial charge >= 0.3 is 289 Å². The minimum atomic E-state index is -4.80. The molecule has 0 bridgehead atoms. The summed E-state index contributed by atoms with van der Waals surface area (Å²) in [4.78, 5) is 0. The van der Waals surface area contributed by atoms with Gasteiger partial charge in [-0.25, -0.2) is 0 Å². The van der Waals surface area contributed by atoms with E-state index in [0.717, 1.165) is 12.8 Å². The van der Waals surface area contributed by atoms with E-state index in [9.17, 15) is 0 Å². The molecular formula is C42H49Cl2SiZr. The van der Waals surface area contributed by atoms with Gasteiger partial charge in [-0.05, 0) is 0 Å². The Labute approximate surface area is 286 Å². The molecule has 0 heterocycles. The van der Waals surface area contributed by atoms with E-state index >= 15 is 0 Å². The second-order valence-electron chi connectivity index (χ2n) is 14.6. The molecule has 0 N–H and O–H groups in total. The summed E-state index contributed by atoms with van der Waals surface area (Å²) in [5.74, 6) is -1.62. The zero-order valence-electron chi connectivity index (χ0n) is 29.3. The second kappa shape index (κ2) is 12.2. The van der Waals surface area contributed by atoms with Gasteiger partial charge in [0.1, 0.15) is 0 Å². The Hall–Kier alpha value is -1.96. The Balaban J connectivity index is 1.61. The van der Waals surface area contributed by atoms with Gasteiger partial charge in [0.05, 0.1) is 0 Å². The van der Waals surface area contributed by atoms with Crippen molar-refractivity contribution < 1.29 is 15.6 Å². The van der Waals surface area contributed by atoms with Crippen LogP contribution in [0.1, 0.15) is 89.6 Å². The van der Waals surface area contributed by atoms with Crippen molar-refractivity contribution in [1.29, 1.82) is 0 Å². The molecule has 4 aromatic rings. The Morgan fingerprint density at radius 1 is 0.587 bits per heavy atom. The molecule has 0 saturated heterocycles. The van der Waals surface area contributed by atoms with Crippen LogP contribution in [0.4, 0.5) is 0 Å². The summed E-state index contributed by atoms with van der Waals surface area (Å²) in [6, 6.07) is 23.1. The molecule has 0 saturated carbocycles. The van der Waals surface area contributed by atoms with Gasteiger partial charge in [-0.1, -0.05) is 0 Å². The molecule has 4 heteroatoms. The zero-order valence-corrected chi connectivity index (χ0v) is 34.5. The fourth-order valence-corrected chi connectivity index (χ4v) is 41.1. The van der Waals surface area contributed by atoms with E-state index in [0.29, 0.717) is 0 Å². The van der Waals surface area contributed by atoms with Crippen LogP contribution in [-0.4, -0.2) is 5.92 Å². The summed E-state index contributed by atoms with van der Waals surface area (Å²) in [5.41, 5.74) is 21.6. The normalized spacial score (nSPS) is 18.2. The van der Waals surface area contributed by atoms with Gasteiger partial charge in [0, 0.05) is 0 Å². The second-order valence-corrected chi connectivity index (χ2v) is 57.1. The topological polar surface area (TPSA) is 0 Å². The zero-order chi connectivity index (χ0) is 33.3. The van der Waals surface area contributed by atoms with Gasteiger partial charge in [-0.15, -0.1) is 0 Å². The van der Waals surface area contributed by atoms with Crippen LogP contribution < -0.4 is 0 Å². The number of aryl methyl sites for hydroxylation is 6. The van der Waals surface area contributed by atoms with Crippen molar-refractivity contribution in [1.82, 2.24) is 0 Å². The molecule has 0 spiro atoms. The van der Waals surface area contributed by atoms with Crippen LogP contribution in [0, 0.1) is 41.5 Å². The van der Waals surface area contributed by atoms with E-state index in [1.807, 2.05) is 0 Å². The fraction of sp³-hybridized carbons (Fsp3) is 0.333. The molecule has 0 nitrogen and oxygen atoms in total. The van der Waals surface area contributed by atoms with Crippen LogP contribution in [-0.2, 0) is 15.6 Å². The number of halogens is 2. The van der Waals surface area contributed by atoms with Crippen LogP contribution in [0.5, 0.6) is 0 Å². The van der Waals surface area contributed by atoms with Crippen LogP contribution in [0.15, 0.2) is 71.8 Å². The van der Waals surface area contributed by atoms with Crippen molar-refractivity contribution in [2.45, 2.75) is 88.6 Å². The Bertz CT molecular complexity index is 1780. The molecule has 0 aromatic heterocycles. The van der Waals surface area contributed by atoms with E-state index in [-0.39, 0.29) is 7.25 Å². The van der Waals surface area contributed by atoms with Gasteiger partial charge in [-0.2, -0.15) is 0 Å². The van der Waals surface area contributed by atoms with Gasteiger partial charge in [0.25, 0.3) is 0 Å². The van der Waals surface area contributed by atoms with Crippen molar-refractivity contribution in [2.75, 3.05) is 0 Å². The summed E-state index contributed by atoms with van der Waals surface area (Å²) < 4.78 is 0.222. The maximum absolute atomic E-state index is 8.66. The predicted molar refractivity (Wildman–Crippen MR) is 205 cm³/mol. The van der Waals surface area contributed by atoms with Crippen LogP contribution in [0.25, 0.3) is 34.4 Å². The van der Waals surface area contributed by atoms with Crippen molar-refractivity contribution >= 4 is 35.1 Å². The first-order chi connectivity index (χ1) is 21.7. The first kappa shape index (κ1) is 33.9. The van der Waals surface area contributed by atoms with Gasteiger partial charge < -0.3 is 0 Å². The number of benzene rings is 4. The third-order valence-electron chi connectivity index (χ3n) is 11.2. The summed E-state index contributed by atoms with van der Waals surface area (Å²) in [6.45, 7) is 22.9. The molecule has 6 rings (SSSR count). The Morgan fingerprint density at radius 3 is 1.24 bits per heavy atom. The molecule has 239 valence electrons. The summed E-state index contributed by atoms with van der Waals surface area (Å²) in [7, 11) is 17.3. The first-order valence-electron chi connectivity index (χ1n) is 17.1. The molecule has 2 unspecified atom stereocenters. The summed E-state index contributed by atoms with van der Waals surface area (Å²) in [6.07, 6.45) is 6.90. The number of allylic oxidation sites excluding steroid dienone is 2. The quantitative estimate of drug-likeness (QED) is 0.165. The van der Waals surface area contributed by atoms with E-state index in [1.54, 1.807) is 0 Å². The Kier molecular flexibility index (Phi) is 8.98. The van der Waals surface area contributed by atoms with Crippen molar-refractivity contribution in [3.63, 3.8) is 0 Å². The van der Waals surface area contributed by atoms with Crippen molar-refractivity contribution in [3.05, 3.63) is 127 Å². The molecule has 2 atom stereocenters. The number of fused-ring (bicyclic) bond motifs is 2. The van der Waals surface area contributed by atoms with Gasteiger partial charge in [0.15, 0.2) is 0 Å². The molecular weight excluding hydrogens is 695 g/mol. The molecule has 2 aliphatic carbocycles. The molecule has 0 radical (unpaired) electrons. The molecule has 0 amide bonds. The van der Waals surface area contributed by atoms with Crippen LogP contribution >= 0.6 is 17.0 Å². The Morgan fingerprint density at radius 2 is 0.935 bits per heavy atom. The van der Waals surface area contributed by atoms with Gasteiger partial charge in [0.2, 0.25) is 0 Å². The number of hydrogen-bond donors (Lipinski definition) is 0. The van der Waals surface area contributed by atoms with E-state index in [4.69, 9.17) is 17.0 Å². The number of hydrogen-bond acceptors (Lipinski definition) is 0. The van der Waals surface area contributed by atoms with E-state index in [1.165, 1.54) is 89.0 Å². The predicted octanol–water partition coefficient (Wildman–Crippen LogP) is 13.2. The average molecular weight is 744 g/mol. The third kappa shape index (κ3) is 5.08. The number of rotatable bonds is 7. The molecule has 0 fully saturated rings. The van der Waals surface area contributed by atoms with Crippen LogP contribution in [0.3, 0.4) is 0 Å². The van der Waals surface area contributed by atoms with Gasteiger partial charge in [-0.3, -0.25) is 0 Å². The van der Waals surface area contributed by atoms with Crippen molar-refractivity contribution in [3.8, 4) is 22.3 Å². The molecule has 2 aliphatic rings. The first-order valence-corrected chi connectivity index (χ1v) is 33.4. The summed E-state index contributed by atoms with van der Waals surface area (Å²) >= 11 is -4.80. The standard InChI is InChI=1S/2C20H21.C2H7Si.2ClH.Zr/c2*1-5-16-11-17-7-6-8-18(19(17)12-16)20-14(3)9-13(2)10-15(20)4;1-3-2;;;/h2*6-12H,5H2,1-4H3;3H,1-2H3;2*1H;/q;;;;;+2/p-2. The average Bonchev–Trinajstić information content (AvgIpc) is 3.57. The monoisotopic (exact) mass is 741 g/mol. The van der Waals surface area contributed by atoms with E-state index in [2.05, 4.69) is 141 Å². The minimum absolute atomic E-state index is 0.111. The molecule has 0 aliphatic heterocycles. The third-order valence-corrected chi connectivity index (χ3v) is 63.1. The van der Waals surface area contributed by atoms with E-state index < -0.39 is 21.5 Å². The fourth-order valence-electron chi connectivity index (χ4n) is 9.32.